The summed E-state index contributed by atoms with van der Waals surface area (Å²) < 4.78 is 7.16. The molecule has 0 saturated heterocycles. The van der Waals surface area contributed by atoms with Crippen molar-refractivity contribution < 1.29 is 14.3 Å². The number of aryl methyl sites for hydroxylation is 2. The molecule has 34 heavy (non-hydrogen) atoms. The van der Waals surface area contributed by atoms with Gasteiger partial charge in [0, 0.05) is 23.6 Å². The van der Waals surface area contributed by atoms with E-state index in [1.807, 2.05) is 19.9 Å². The number of H-pyrrole nitrogens is 1. The first-order valence-corrected chi connectivity index (χ1v) is 10.6. The topological polar surface area (TPSA) is 129 Å². The molecule has 2 aromatic carbocycles. The van der Waals surface area contributed by atoms with Crippen molar-refractivity contribution >= 4 is 28.5 Å². The van der Waals surface area contributed by atoms with E-state index in [4.69, 9.17) is 10.5 Å². The Morgan fingerprint density at radius 1 is 1.06 bits per heavy atom. The van der Waals surface area contributed by atoms with Crippen LogP contribution in [0.2, 0.25) is 0 Å². The van der Waals surface area contributed by atoms with E-state index in [1.54, 1.807) is 42.5 Å². The lowest BCUT2D eigenvalue weighted by molar-refractivity contribution is 0.0474. The number of aromatic amines is 1. The number of benzene rings is 2. The van der Waals surface area contributed by atoms with Crippen molar-refractivity contribution in [2.45, 2.75) is 20.4 Å². The number of hydrogen-bond acceptors (Lipinski definition) is 6. The molecule has 0 aliphatic rings. The normalized spacial score (nSPS) is 11.0. The van der Waals surface area contributed by atoms with E-state index in [0.717, 1.165) is 36.9 Å². The largest absolute Gasteiger partial charge is 0.454 e. The zero-order valence-electron chi connectivity index (χ0n) is 19.0. The standard InChI is InChI=1S/C25H24N4O5/c1-14-15(2)27-19-10-9-17(11-18(14)19)24(32)34-13-20(30)21-22(26)29(25(33)28(3)23(21)31)12-16-7-5-4-6-8-16/h4-11,27H,12-13,26H2,1-3H3. The highest BCUT2D eigenvalue weighted by molar-refractivity contribution is 6.02. The Morgan fingerprint density at radius 2 is 1.76 bits per heavy atom. The first-order chi connectivity index (χ1) is 16.2. The number of ether oxygens (including phenoxy) is 1. The lowest BCUT2D eigenvalue weighted by Gasteiger charge is -2.14. The molecule has 0 bridgehead atoms. The Balaban J connectivity index is 1.59. The fraction of sp³-hybridized carbons (Fsp3) is 0.200. The van der Waals surface area contributed by atoms with Crippen LogP contribution in [0.5, 0.6) is 0 Å². The summed E-state index contributed by atoms with van der Waals surface area (Å²) in [5.41, 5.74) is 8.15. The minimum atomic E-state index is -0.840. The molecule has 0 atom stereocenters. The molecule has 174 valence electrons. The van der Waals surface area contributed by atoms with Gasteiger partial charge < -0.3 is 15.5 Å². The lowest BCUT2D eigenvalue weighted by atomic mass is 10.1. The van der Waals surface area contributed by atoms with Gasteiger partial charge in [-0.25, -0.2) is 9.59 Å². The molecule has 2 heterocycles. The van der Waals surface area contributed by atoms with Gasteiger partial charge in [0.2, 0.25) is 5.78 Å². The van der Waals surface area contributed by atoms with Crippen LogP contribution in [-0.4, -0.2) is 32.5 Å². The van der Waals surface area contributed by atoms with Crippen LogP contribution in [0.3, 0.4) is 0 Å². The van der Waals surface area contributed by atoms with E-state index >= 15 is 0 Å². The molecule has 0 radical (unpaired) electrons. The quantitative estimate of drug-likeness (QED) is 0.336. The number of anilines is 1. The van der Waals surface area contributed by atoms with E-state index < -0.39 is 35.2 Å². The van der Waals surface area contributed by atoms with Gasteiger partial charge in [0.05, 0.1) is 12.1 Å². The Bertz CT molecular complexity index is 1540. The number of Topliss-reactive ketones (excluding diaryl/α,β-unsaturated/α-hetero) is 1. The first-order valence-electron chi connectivity index (χ1n) is 10.6. The van der Waals surface area contributed by atoms with Crippen LogP contribution < -0.4 is 17.0 Å². The average Bonchev–Trinajstić information content (AvgIpc) is 3.12. The fourth-order valence-corrected chi connectivity index (χ4v) is 3.84. The zero-order chi connectivity index (χ0) is 24.6. The van der Waals surface area contributed by atoms with Crippen LogP contribution in [0, 0.1) is 13.8 Å². The number of carbonyl (C=O) groups is 2. The van der Waals surface area contributed by atoms with Gasteiger partial charge in [-0.15, -0.1) is 0 Å². The third kappa shape index (κ3) is 4.03. The Hall–Kier alpha value is -4.40. The van der Waals surface area contributed by atoms with E-state index in [1.165, 1.54) is 7.05 Å². The molecule has 0 aliphatic heterocycles. The number of hydrogen-bond donors (Lipinski definition) is 2. The molecular formula is C25H24N4O5. The van der Waals surface area contributed by atoms with Crippen LogP contribution in [0.25, 0.3) is 10.9 Å². The second-order valence-corrected chi connectivity index (χ2v) is 8.11. The maximum atomic E-state index is 12.9. The highest BCUT2D eigenvalue weighted by Gasteiger charge is 2.23. The first kappa shape index (κ1) is 22.8. The summed E-state index contributed by atoms with van der Waals surface area (Å²) in [6.45, 7) is 3.27. The van der Waals surface area contributed by atoms with Crippen molar-refractivity contribution in [1.82, 2.24) is 14.1 Å². The molecule has 0 spiro atoms. The number of nitrogens with zero attached hydrogens (tertiary/aromatic N) is 2. The molecule has 4 rings (SSSR count). The molecule has 0 saturated carbocycles. The molecule has 3 N–H and O–H groups in total. The number of nitrogens with one attached hydrogen (secondary N) is 1. The number of esters is 1. The summed E-state index contributed by atoms with van der Waals surface area (Å²) in [6.07, 6.45) is 0. The van der Waals surface area contributed by atoms with Crippen molar-refractivity contribution in [2.75, 3.05) is 12.3 Å². The zero-order valence-corrected chi connectivity index (χ0v) is 19.0. The minimum absolute atomic E-state index is 0.0785. The van der Waals surface area contributed by atoms with E-state index in [-0.39, 0.29) is 17.9 Å². The van der Waals surface area contributed by atoms with Gasteiger partial charge >= 0.3 is 11.7 Å². The van der Waals surface area contributed by atoms with Crippen molar-refractivity contribution in [3.05, 3.63) is 97.3 Å². The summed E-state index contributed by atoms with van der Waals surface area (Å²) in [5, 5.41) is 0.879. The van der Waals surface area contributed by atoms with Gasteiger partial charge in [-0.2, -0.15) is 0 Å². The minimum Gasteiger partial charge on any atom is -0.454 e. The van der Waals surface area contributed by atoms with Crippen molar-refractivity contribution in [2.24, 2.45) is 7.05 Å². The molecule has 0 fully saturated rings. The predicted octanol–water partition coefficient (Wildman–Crippen LogP) is 2.32. The van der Waals surface area contributed by atoms with Gasteiger partial charge in [-0.05, 0) is 43.2 Å². The lowest BCUT2D eigenvalue weighted by Crippen LogP contribution is -2.43. The van der Waals surface area contributed by atoms with Crippen LogP contribution in [0.1, 0.15) is 37.5 Å². The second-order valence-electron chi connectivity index (χ2n) is 8.11. The predicted molar refractivity (Wildman–Crippen MR) is 128 cm³/mol. The molecule has 0 amide bonds. The maximum absolute atomic E-state index is 12.9. The summed E-state index contributed by atoms with van der Waals surface area (Å²) in [4.78, 5) is 54.0. The van der Waals surface area contributed by atoms with E-state index in [9.17, 15) is 19.2 Å². The van der Waals surface area contributed by atoms with E-state index in [0.29, 0.717) is 0 Å². The SMILES string of the molecule is Cc1[nH]c2ccc(C(=O)OCC(=O)c3c(N)n(Cc4ccccc4)c(=O)n(C)c3=O)cc2c1C. The Labute approximate surface area is 194 Å². The fourth-order valence-electron chi connectivity index (χ4n) is 3.84. The van der Waals surface area contributed by atoms with Crippen molar-refractivity contribution in [3.8, 4) is 0 Å². The number of rotatable bonds is 6. The number of nitrogen functional groups attached to an aromatic ring is 1. The second kappa shape index (κ2) is 8.86. The summed E-state index contributed by atoms with van der Waals surface area (Å²) in [7, 11) is 1.27. The third-order valence-electron chi connectivity index (χ3n) is 5.92. The molecular weight excluding hydrogens is 436 g/mol. The molecule has 0 unspecified atom stereocenters. The van der Waals surface area contributed by atoms with Crippen molar-refractivity contribution in [3.63, 3.8) is 0 Å². The number of fused-ring (bicyclic) bond motifs is 1. The Morgan fingerprint density at radius 3 is 2.47 bits per heavy atom. The monoisotopic (exact) mass is 460 g/mol. The third-order valence-corrected chi connectivity index (χ3v) is 5.92. The van der Waals surface area contributed by atoms with Gasteiger partial charge in [0.15, 0.2) is 6.61 Å². The molecule has 0 aliphatic carbocycles. The molecule has 4 aromatic rings. The van der Waals surface area contributed by atoms with Crippen molar-refractivity contribution in [1.29, 1.82) is 0 Å². The smallest absolute Gasteiger partial charge is 0.338 e. The summed E-state index contributed by atoms with van der Waals surface area (Å²) >= 11 is 0. The van der Waals surface area contributed by atoms with Gasteiger partial charge in [-0.3, -0.25) is 18.7 Å². The summed E-state index contributed by atoms with van der Waals surface area (Å²) in [5.74, 6) is -1.76. The van der Waals surface area contributed by atoms with Crippen LogP contribution >= 0.6 is 0 Å². The van der Waals surface area contributed by atoms with Crippen LogP contribution in [0.4, 0.5) is 5.82 Å². The van der Waals surface area contributed by atoms with Crippen LogP contribution in [-0.2, 0) is 18.3 Å². The number of carbonyl (C=O) groups excluding carboxylic acids is 2. The van der Waals surface area contributed by atoms with E-state index in [2.05, 4.69) is 4.98 Å². The Kier molecular flexibility index (Phi) is 5.93. The highest BCUT2D eigenvalue weighted by Crippen LogP contribution is 2.22. The number of aromatic nitrogens is 3. The van der Waals surface area contributed by atoms with Gasteiger partial charge in [-0.1, -0.05) is 30.3 Å². The summed E-state index contributed by atoms with van der Waals surface area (Å²) in [6, 6.07) is 14.1. The average molecular weight is 460 g/mol. The van der Waals surface area contributed by atoms with Crippen LogP contribution in [0.15, 0.2) is 58.1 Å². The maximum Gasteiger partial charge on any atom is 0.338 e. The highest BCUT2D eigenvalue weighted by atomic mass is 16.5. The van der Waals surface area contributed by atoms with Gasteiger partial charge in [0.25, 0.3) is 5.56 Å². The molecule has 9 nitrogen and oxygen atoms in total. The molecule has 2 aromatic heterocycles. The number of nitrogens with two attached hydrogens (primary N) is 1. The molecule has 9 heteroatoms. The van der Waals surface area contributed by atoms with Gasteiger partial charge in [0.1, 0.15) is 11.4 Å². The number of ketones is 1.